The van der Waals surface area contributed by atoms with Crippen LogP contribution in [0.1, 0.15) is 9.78 Å². The van der Waals surface area contributed by atoms with Crippen molar-refractivity contribution in [3.63, 3.8) is 0 Å². The molecule has 0 unspecified atom stereocenters. The monoisotopic (exact) mass is 245 g/mol. The van der Waals surface area contributed by atoms with Crippen LogP contribution in [0.5, 0.6) is 0 Å². The van der Waals surface area contributed by atoms with Gasteiger partial charge in [0.25, 0.3) is 5.91 Å². The second-order valence-corrected chi connectivity index (χ2v) is 2.84. The third-order valence-electron chi connectivity index (χ3n) is 0.609. The normalized spacial score (nSPS) is 8.83. The first-order valence-corrected chi connectivity index (χ1v) is 3.72. The maximum atomic E-state index is 10.4. The molecule has 62 valence electrons. The van der Waals surface area contributed by atoms with Gasteiger partial charge < -0.3 is 2.85 Å². The molecule has 12 heavy (non-hydrogen) atoms. The Morgan fingerprint density at radius 1 is 1.50 bits per heavy atom. The van der Waals surface area contributed by atoms with E-state index in [1.807, 2.05) is 0 Å². The third-order valence-corrected chi connectivity index (χ3v) is 1.05. The van der Waals surface area contributed by atoms with Gasteiger partial charge in [0.1, 0.15) is 0 Å². The van der Waals surface area contributed by atoms with E-state index in [9.17, 15) is 13.2 Å². The van der Waals surface area contributed by atoms with Gasteiger partial charge in [0.05, 0.1) is 0 Å². The van der Waals surface area contributed by atoms with Gasteiger partial charge in [0, 0.05) is 5.57 Å². The average molecular weight is 245 g/mol. The van der Waals surface area contributed by atoms with Gasteiger partial charge in [0.2, 0.25) is 0 Å². The largest absolute Gasteiger partial charge is 1.00 e. The Hall–Kier alpha value is 2.39. The number of carbonyl (C=O) groups is 1. The minimum absolute atomic E-state index is 0. The maximum Gasteiger partial charge on any atom is 1.00 e. The maximum absolute atomic E-state index is 10.4. The number of hydrogen-bond acceptors (Lipinski definition) is 3. The summed E-state index contributed by atoms with van der Waals surface area (Å²) in [6.45, 7) is 4.47. The zero-order valence-corrected chi connectivity index (χ0v) is 14.4. The Labute approximate surface area is 159 Å². The van der Waals surface area contributed by atoms with Crippen molar-refractivity contribution in [3.05, 3.63) is 12.2 Å². The van der Waals surface area contributed by atoms with Gasteiger partial charge in [-0.2, -0.15) is 8.42 Å². The number of nitrogens with one attached hydrogen (secondary N) is 1. The quantitative estimate of drug-likeness (QED) is 0.288. The molecule has 1 amide bonds. The fourth-order valence-corrected chi connectivity index (χ4v) is 0.613. The summed E-state index contributed by atoms with van der Waals surface area (Å²) in [5.74, 6) is -0.914. The molecule has 0 aliphatic heterocycles. The van der Waals surface area contributed by atoms with E-state index in [1.54, 1.807) is 0 Å². The van der Waals surface area contributed by atoms with Crippen molar-refractivity contribution in [2.24, 2.45) is 0 Å². The molecule has 0 rings (SSSR count). The van der Waals surface area contributed by atoms with E-state index in [2.05, 4.69) is 6.58 Å². The van der Waals surface area contributed by atoms with Gasteiger partial charge in [-0.1, -0.05) is 6.58 Å². The van der Waals surface area contributed by atoms with Crippen LogP contribution in [0.2, 0.25) is 0 Å². The molecule has 0 bridgehead atoms. The number of rotatable bonds is 2. The first-order chi connectivity index (χ1) is 4.33. The van der Waals surface area contributed by atoms with Crippen LogP contribution in [0, 0.1) is 0 Å². The SMILES string of the molecule is C=C(C)C(=O)NS(=O)(=O)O.[H-].[H-].[K+].[K+]. The molecule has 5 nitrogen and oxygen atoms in total. The first-order valence-electron chi connectivity index (χ1n) is 2.28. The van der Waals surface area contributed by atoms with E-state index in [1.165, 1.54) is 11.6 Å². The van der Waals surface area contributed by atoms with Gasteiger partial charge in [-0.25, -0.2) is 4.72 Å². The van der Waals surface area contributed by atoms with E-state index in [-0.39, 0.29) is 111 Å². The summed E-state index contributed by atoms with van der Waals surface area (Å²) in [6, 6.07) is 0. The summed E-state index contributed by atoms with van der Waals surface area (Å²) in [5, 5.41) is 0. The van der Waals surface area contributed by atoms with Gasteiger partial charge in [-0.05, 0) is 6.92 Å². The van der Waals surface area contributed by atoms with Crippen LogP contribution in [0.15, 0.2) is 12.2 Å². The summed E-state index contributed by atoms with van der Waals surface area (Å²) < 4.78 is 29.2. The summed E-state index contributed by atoms with van der Waals surface area (Å²) in [7, 11) is -4.43. The minimum Gasteiger partial charge on any atom is -1.00 e. The molecule has 8 heteroatoms. The molecule has 2 N–H and O–H groups in total. The van der Waals surface area contributed by atoms with E-state index in [0.717, 1.165) is 0 Å². The molecule has 0 aromatic rings. The van der Waals surface area contributed by atoms with Crippen LogP contribution in [0.3, 0.4) is 0 Å². The number of amides is 1. The van der Waals surface area contributed by atoms with Crippen molar-refractivity contribution in [2.75, 3.05) is 0 Å². The molecule has 0 saturated heterocycles. The molecule has 0 aromatic heterocycles. The van der Waals surface area contributed by atoms with Crippen LogP contribution in [-0.4, -0.2) is 18.9 Å². The van der Waals surface area contributed by atoms with Crippen molar-refractivity contribution in [1.29, 1.82) is 0 Å². The third kappa shape index (κ3) is 12.4. The van der Waals surface area contributed by atoms with E-state index in [0.29, 0.717) is 0 Å². The van der Waals surface area contributed by atoms with Crippen molar-refractivity contribution in [2.45, 2.75) is 6.92 Å². The Kier molecular flexibility index (Phi) is 14.4. The molecule has 0 atom stereocenters. The van der Waals surface area contributed by atoms with Crippen LogP contribution >= 0.6 is 0 Å². The summed E-state index contributed by atoms with van der Waals surface area (Å²) in [4.78, 5) is 10.4. The molecule has 0 saturated carbocycles. The Morgan fingerprint density at radius 2 is 1.83 bits per heavy atom. The molecular formula is C4H9K2NO4S. The van der Waals surface area contributed by atoms with Crippen LogP contribution in [0.4, 0.5) is 0 Å². The molecule has 0 radical (unpaired) electrons. The Bertz CT molecular complexity index is 269. The van der Waals surface area contributed by atoms with Crippen molar-refractivity contribution in [3.8, 4) is 0 Å². The second kappa shape index (κ2) is 8.68. The standard InChI is InChI=1S/C4H7NO4S.2K.2H/c1-3(2)4(6)5-10(7,8)9;;;;/h1H2,2H3,(H,5,6)(H,7,8,9);;;;/q;2*+1;2*-1. The van der Waals surface area contributed by atoms with Crippen LogP contribution < -0.4 is 107 Å². The van der Waals surface area contributed by atoms with Crippen molar-refractivity contribution in [1.82, 2.24) is 4.72 Å². The zero-order chi connectivity index (χ0) is 8.36. The van der Waals surface area contributed by atoms with Gasteiger partial charge >= 0.3 is 113 Å². The summed E-state index contributed by atoms with van der Waals surface area (Å²) >= 11 is 0. The van der Waals surface area contributed by atoms with Crippen molar-refractivity contribution < 1.29 is 123 Å². The van der Waals surface area contributed by atoms with Crippen LogP contribution in [0.25, 0.3) is 0 Å². The molecule has 0 aromatic carbocycles. The number of carbonyl (C=O) groups excluding carboxylic acids is 1. The fraction of sp³-hybridized carbons (Fsp3) is 0.250. The summed E-state index contributed by atoms with van der Waals surface area (Å²) in [6.07, 6.45) is 0. The van der Waals surface area contributed by atoms with Gasteiger partial charge in [0.15, 0.2) is 0 Å². The molecular weight excluding hydrogens is 236 g/mol. The minimum atomic E-state index is -4.43. The molecule has 0 fully saturated rings. The van der Waals surface area contributed by atoms with Gasteiger partial charge in [-0.3, -0.25) is 9.35 Å². The number of hydrogen-bond donors (Lipinski definition) is 2. The predicted molar refractivity (Wildman–Crippen MR) is 36.7 cm³/mol. The average Bonchev–Trinajstić information content (AvgIpc) is 1.60. The van der Waals surface area contributed by atoms with E-state index < -0.39 is 16.2 Å². The first kappa shape index (κ1) is 19.9. The van der Waals surface area contributed by atoms with Gasteiger partial charge in [-0.15, -0.1) is 0 Å². The van der Waals surface area contributed by atoms with E-state index in [4.69, 9.17) is 4.55 Å². The van der Waals surface area contributed by atoms with Crippen LogP contribution in [-0.2, 0) is 15.1 Å². The predicted octanol–water partition coefficient (Wildman–Crippen LogP) is -6.29. The second-order valence-electron chi connectivity index (χ2n) is 1.69. The smallest absolute Gasteiger partial charge is 1.00 e. The molecule has 0 spiro atoms. The van der Waals surface area contributed by atoms with E-state index >= 15 is 0 Å². The zero-order valence-electron chi connectivity index (χ0n) is 9.29. The molecule has 0 aliphatic carbocycles. The fourth-order valence-electron chi connectivity index (χ4n) is 0.204. The Morgan fingerprint density at radius 3 is 1.92 bits per heavy atom. The Balaban J connectivity index is -0.0000000675. The topological polar surface area (TPSA) is 83.5 Å². The molecule has 0 heterocycles. The molecule has 0 aliphatic rings. The van der Waals surface area contributed by atoms with Crippen molar-refractivity contribution >= 4 is 16.2 Å². The summed E-state index contributed by atoms with van der Waals surface area (Å²) in [5.41, 5.74) is 0.0117.